The van der Waals surface area contributed by atoms with E-state index in [1.165, 1.54) is 0 Å². The lowest BCUT2D eigenvalue weighted by atomic mass is 10.1. The number of rotatable bonds is 3. The van der Waals surface area contributed by atoms with E-state index in [-0.39, 0.29) is 6.61 Å². The van der Waals surface area contributed by atoms with E-state index in [1.54, 1.807) is 18.5 Å². The van der Waals surface area contributed by atoms with Gasteiger partial charge in [0.2, 0.25) is 0 Å². The third kappa shape index (κ3) is 2.66. The van der Waals surface area contributed by atoms with Crippen LogP contribution in [-0.2, 0) is 6.61 Å². The fourth-order valence-electron chi connectivity index (χ4n) is 2.02. The minimum Gasteiger partial charge on any atom is -0.457 e. The highest BCUT2D eigenvalue weighted by Gasteiger charge is 2.05. The average Bonchev–Trinajstić information content (AvgIpc) is 2.48. The third-order valence-electron chi connectivity index (χ3n) is 3.03. The number of benzene rings is 2. The second-order valence-corrected chi connectivity index (χ2v) is 5.31. The van der Waals surface area contributed by atoms with Gasteiger partial charge in [0.25, 0.3) is 0 Å². The maximum Gasteiger partial charge on any atom is 0.136 e. The van der Waals surface area contributed by atoms with Gasteiger partial charge in [-0.3, -0.25) is 4.98 Å². The van der Waals surface area contributed by atoms with Gasteiger partial charge in [0, 0.05) is 22.4 Å². The molecule has 0 spiro atoms. The van der Waals surface area contributed by atoms with Crippen LogP contribution in [0.25, 0.3) is 10.8 Å². The summed E-state index contributed by atoms with van der Waals surface area (Å²) in [6, 6.07) is 13.7. The molecule has 1 N–H and O–H groups in total. The highest BCUT2D eigenvalue weighted by Crippen LogP contribution is 2.28. The fraction of sp³-hybridized carbons (Fsp3) is 0.0625. The molecular weight excluding hydrogens is 318 g/mol. The zero-order valence-corrected chi connectivity index (χ0v) is 12.2. The summed E-state index contributed by atoms with van der Waals surface area (Å²) in [5, 5.41) is 11.5. The summed E-state index contributed by atoms with van der Waals surface area (Å²) in [6.07, 6.45) is 3.25. The van der Waals surface area contributed by atoms with Crippen molar-refractivity contribution in [2.24, 2.45) is 0 Å². The molecule has 0 saturated heterocycles. The second-order valence-electron chi connectivity index (χ2n) is 4.40. The summed E-state index contributed by atoms with van der Waals surface area (Å²) in [4.78, 5) is 3.97. The number of aromatic nitrogens is 1. The summed E-state index contributed by atoms with van der Waals surface area (Å²) in [5.41, 5.74) is 0.670. The van der Waals surface area contributed by atoms with Crippen LogP contribution in [0.15, 0.2) is 59.3 Å². The van der Waals surface area contributed by atoms with Crippen molar-refractivity contribution in [3.05, 3.63) is 64.9 Å². The molecule has 100 valence electrons. The van der Waals surface area contributed by atoms with Gasteiger partial charge < -0.3 is 9.84 Å². The van der Waals surface area contributed by atoms with Gasteiger partial charge >= 0.3 is 0 Å². The summed E-state index contributed by atoms with van der Waals surface area (Å²) >= 11 is 3.46. The molecule has 0 atom stereocenters. The lowest BCUT2D eigenvalue weighted by Crippen LogP contribution is -1.92. The number of pyridine rings is 1. The number of aliphatic hydroxyl groups excluding tert-OH is 1. The molecule has 1 aromatic heterocycles. The number of aliphatic hydroxyl groups is 1. The van der Waals surface area contributed by atoms with Gasteiger partial charge in [-0.1, -0.05) is 28.1 Å². The van der Waals surface area contributed by atoms with Crippen molar-refractivity contribution in [3.63, 3.8) is 0 Å². The zero-order valence-electron chi connectivity index (χ0n) is 10.6. The Hall–Kier alpha value is -1.91. The van der Waals surface area contributed by atoms with E-state index in [1.807, 2.05) is 30.3 Å². The normalized spacial score (nSPS) is 10.7. The van der Waals surface area contributed by atoms with Gasteiger partial charge in [0.05, 0.1) is 6.61 Å². The van der Waals surface area contributed by atoms with Crippen molar-refractivity contribution >= 4 is 26.7 Å². The van der Waals surface area contributed by atoms with E-state index in [0.29, 0.717) is 11.3 Å². The van der Waals surface area contributed by atoms with E-state index in [0.717, 1.165) is 21.0 Å². The molecule has 0 aliphatic carbocycles. The van der Waals surface area contributed by atoms with E-state index in [9.17, 15) is 5.11 Å². The molecule has 3 aromatic rings. The first kappa shape index (κ1) is 13.1. The van der Waals surface area contributed by atoms with E-state index in [4.69, 9.17) is 4.74 Å². The van der Waals surface area contributed by atoms with Gasteiger partial charge in [-0.25, -0.2) is 0 Å². The molecule has 0 aliphatic heterocycles. The third-order valence-corrected chi connectivity index (χ3v) is 3.52. The van der Waals surface area contributed by atoms with Crippen LogP contribution in [0.3, 0.4) is 0 Å². The topological polar surface area (TPSA) is 42.4 Å². The van der Waals surface area contributed by atoms with E-state index < -0.39 is 0 Å². The largest absolute Gasteiger partial charge is 0.457 e. The smallest absolute Gasteiger partial charge is 0.136 e. The number of halogens is 1. The molecule has 0 saturated carbocycles. The molecular formula is C16H12BrNO2. The van der Waals surface area contributed by atoms with Crippen molar-refractivity contribution < 1.29 is 9.84 Å². The molecule has 3 nitrogen and oxygen atoms in total. The van der Waals surface area contributed by atoms with Crippen molar-refractivity contribution in [2.75, 3.05) is 0 Å². The van der Waals surface area contributed by atoms with Gasteiger partial charge in [0.15, 0.2) is 0 Å². The first-order valence-electron chi connectivity index (χ1n) is 6.17. The number of fused-ring (bicyclic) bond motifs is 1. The molecule has 0 fully saturated rings. The lowest BCUT2D eigenvalue weighted by Gasteiger charge is -2.10. The minimum absolute atomic E-state index is 0.0936. The quantitative estimate of drug-likeness (QED) is 0.779. The Morgan fingerprint density at radius 1 is 1.05 bits per heavy atom. The Morgan fingerprint density at radius 3 is 2.70 bits per heavy atom. The Balaban J connectivity index is 1.96. The molecule has 0 unspecified atom stereocenters. The monoisotopic (exact) mass is 329 g/mol. The van der Waals surface area contributed by atoms with E-state index >= 15 is 0 Å². The van der Waals surface area contributed by atoms with Gasteiger partial charge in [0.1, 0.15) is 11.5 Å². The summed E-state index contributed by atoms with van der Waals surface area (Å²) < 4.78 is 6.88. The van der Waals surface area contributed by atoms with Crippen LogP contribution in [0.1, 0.15) is 5.56 Å². The Morgan fingerprint density at radius 2 is 1.85 bits per heavy atom. The predicted molar refractivity (Wildman–Crippen MR) is 81.9 cm³/mol. The molecule has 0 radical (unpaired) electrons. The van der Waals surface area contributed by atoms with Crippen LogP contribution in [0.4, 0.5) is 0 Å². The molecule has 0 bridgehead atoms. The highest BCUT2D eigenvalue weighted by molar-refractivity contribution is 9.10. The van der Waals surface area contributed by atoms with Crippen molar-refractivity contribution in [2.45, 2.75) is 6.61 Å². The predicted octanol–water partition coefficient (Wildman–Crippen LogP) is 4.28. The van der Waals surface area contributed by atoms with Crippen LogP contribution in [0, 0.1) is 0 Å². The van der Waals surface area contributed by atoms with Crippen molar-refractivity contribution in [1.29, 1.82) is 0 Å². The van der Waals surface area contributed by atoms with Crippen LogP contribution >= 0.6 is 15.9 Å². The van der Waals surface area contributed by atoms with Crippen LogP contribution in [-0.4, -0.2) is 10.1 Å². The highest BCUT2D eigenvalue weighted by atomic mass is 79.9. The molecule has 1 heterocycles. The van der Waals surface area contributed by atoms with Crippen LogP contribution in [0.2, 0.25) is 0 Å². The number of nitrogens with zero attached hydrogens (tertiary/aromatic N) is 1. The first-order chi connectivity index (χ1) is 9.76. The molecule has 0 amide bonds. The standard InChI is InChI=1S/C16H12BrNO2/c17-14-3-1-12-8-15(4-2-11(12)7-14)20-16-5-6-18-9-13(16)10-19/h1-9,19H,10H2. The molecule has 0 aliphatic rings. The summed E-state index contributed by atoms with van der Waals surface area (Å²) in [5.74, 6) is 1.36. The van der Waals surface area contributed by atoms with Crippen LogP contribution in [0.5, 0.6) is 11.5 Å². The van der Waals surface area contributed by atoms with Gasteiger partial charge in [-0.2, -0.15) is 0 Å². The Bertz CT molecular complexity index is 758. The second kappa shape index (κ2) is 5.61. The maximum atomic E-state index is 9.27. The average molecular weight is 330 g/mol. The molecule has 20 heavy (non-hydrogen) atoms. The first-order valence-corrected chi connectivity index (χ1v) is 6.96. The molecule has 4 heteroatoms. The van der Waals surface area contributed by atoms with Gasteiger partial charge in [-0.05, 0) is 41.1 Å². The minimum atomic E-state index is -0.0936. The fourth-order valence-corrected chi connectivity index (χ4v) is 2.40. The number of hydrogen-bond acceptors (Lipinski definition) is 3. The van der Waals surface area contributed by atoms with Gasteiger partial charge in [-0.15, -0.1) is 0 Å². The number of hydrogen-bond donors (Lipinski definition) is 1. The summed E-state index contributed by atoms with van der Waals surface area (Å²) in [6.45, 7) is -0.0936. The Labute approximate surface area is 125 Å². The lowest BCUT2D eigenvalue weighted by molar-refractivity contribution is 0.276. The number of ether oxygens (including phenoxy) is 1. The van der Waals surface area contributed by atoms with Crippen LogP contribution < -0.4 is 4.74 Å². The van der Waals surface area contributed by atoms with Crippen molar-refractivity contribution in [1.82, 2.24) is 4.98 Å². The van der Waals surface area contributed by atoms with Crippen molar-refractivity contribution in [3.8, 4) is 11.5 Å². The zero-order chi connectivity index (χ0) is 13.9. The molecule has 3 rings (SSSR count). The van der Waals surface area contributed by atoms with E-state index in [2.05, 4.69) is 27.0 Å². The SMILES string of the molecule is OCc1cnccc1Oc1ccc2cc(Br)ccc2c1. The molecule has 2 aromatic carbocycles. The Kier molecular flexibility index (Phi) is 3.67. The maximum absolute atomic E-state index is 9.27. The summed E-state index contributed by atoms with van der Waals surface area (Å²) in [7, 11) is 0.